The highest BCUT2D eigenvalue weighted by Gasteiger charge is 2.41. The van der Waals surface area contributed by atoms with Gasteiger partial charge in [-0.3, -0.25) is 9.59 Å². The average Bonchev–Trinajstić information content (AvgIpc) is 3.08. The van der Waals surface area contributed by atoms with Crippen LogP contribution in [0.5, 0.6) is 0 Å². The van der Waals surface area contributed by atoms with Crippen molar-refractivity contribution < 1.29 is 14.0 Å². The number of halogens is 1. The third-order valence-corrected chi connectivity index (χ3v) is 5.86. The van der Waals surface area contributed by atoms with Gasteiger partial charge in [0.05, 0.1) is 5.69 Å². The van der Waals surface area contributed by atoms with E-state index in [0.717, 1.165) is 35.2 Å². The van der Waals surface area contributed by atoms with Crippen LogP contribution in [0, 0.1) is 19.7 Å². The zero-order valence-electron chi connectivity index (χ0n) is 18.5. The lowest BCUT2D eigenvalue weighted by molar-refractivity contribution is -0.118. The Labute approximate surface area is 186 Å². The summed E-state index contributed by atoms with van der Waals surface area (Å²) >= 11 is 0. The molecule has 166 valence electrons. The van der Waals surface area contributed by atoms with Crippen LogP contribution < -0.4 is 10.6 Å². The van der Waals surface area contributed by atoms with Gasteiger partial charge in [0, 0.05) is 23.6 Å². The average molecular weight is 435 g/mol. The molecule has 0 unspecified atom stereocenters. The minimum atomic E-state index is -0.858. The number of hydrogen-bond donors (Lipinski definition) is 2. The SMILES string of the molecule is CCCCn1nc(C)c2c1NC(=O)[C@@H](NC(=O)c1cccc(C)c1)[C@H]2c1ccc(F)cc1. The number of amides is 2. The van der Waals surface area contributed by atoms with E-state index in [1.54, 1.807) is 24.3 Å². The second-order valence-electron chi connectivity index (χ2n) is 8.26. The fourth-order valence-electron chi connectivity index (χ4n) is 4.27. The number of hydrogen-bond acceptors (Lipinski definition) is 3. The number of nitrogens with zero attached hydrogens (tertiary/aromatic N) is 2. The Bertz CT molecular complexity index is 1150. The summed E-state index contributed by atoms with van der Waals surface area (Å²) in [5.74, 6) is -0.837. The molecule has 4 rings (SSSR count). The molecule has 2 N–H and O–H groups in total. The fraction of sp³-hybridized carbons (Fsp3) is 0.320. The number of aromatic nitrogens is 2. The van der Waals surface area contributed by atoms with Crippen molar-refractivity contribution >= 4 is 17.6 Å². The minimum Gasteiger partial charge on any atom is -0.339 e. The smallest absolute Gasteiger partial charge is 0.251 e. The van der Waals surface area contributed by atoms with Crippen LogP contribution in [0.4, 0.5) is 10.2 Å². The number of fused-ring (bicyclic) bond motifs is 1. The van der Waals surface area contributed by atoms with Gasteiger partial charge in [-0.15, -0.1) is 0 Å². The molecule has 2 heterocycles. The largest absolute Gasteiger partial charge is 0.339 e. The van der Waals surface area contributed by atoms with Gasteiger partial charge in [-0.05, 0) is 50.1 Å². The topological polar surface area (TPSA) is 76.0 Å². The van der Waals surface area contributed by atoms with Crippen LogP contribution in [0.1, 0.15) is 58.4 Å². The quantitative estimate of drug-likeness (QED) is 0.607. The molecule has 0 saturated carbocycles. The molecule has 1 aliphatic rings. The van der Waals surface area contributed by atoms with Gasteiger partial charge in [0.2, 0.25) is 5.91 Å². The van der Waals surface area contributed by atoms with Crippen LogP contribution in [-0.2, 0) is 11.3 Å². The molecule has 0 bridgehead atoms. The number of unbranched alkanes of at least 4 members (excludes halogenated alkanes) is 1. The molecule has 0 aliphatic carbocycles. The van der Waals surface area contributed by atoms with Crippen molar-refractivity contribution in [2.45, 2.75) is 52.1 Å². The number of carbonyl (C=O) groups excluding carboxylic acids is 2. The van der Waals surface area contributed by atoms with Crippen LogP contribution in [0.15, 0.2) is 48.5 Å². The van der Waals surface area contributed by atoms with Gasteiger partial charge in [0.25, 0.3) is 5.91 Å². The molecular weight excluding hydrogens is 407 g/mol. The van der Waals surface area contributed by atoms with Crippen LogP contribution in [0.25, 0.3) is 0 Å². The Hall–Kier alpha value is -3.48. The van der Waals surface area contributed by atoms with E-state index in [1.807, 2.05) is 30.7 Å². The number of benzene rings is 2. The number of nitrogens with one attached hydrogen (secondary N) is 2. The third kappa shape index (κ3) is 4.15. The molecule has 1 aliphatic heterocycles. The van der Waals surface area contributed by atoms with E-state index < -0.39 is 12.0 Å². The first-order valence-corrected chi connectivity index (χ1v) is 10.9. The Morgan fingerprint density at radius 3 is 2.62 bits per heavy atom. The minimum absolute atomic E-state index is 0.314. The van der Waals surface area contributed by atoms with Crippen LogP contribution >= 0.6 is 0 Å². The van der Waals surface area contributed by atoms with E-state index in [0.29, 0.717) is 17.9 Å². The summed E-state index contributed by atoms with van der Waals surface area (Å²) in [7, 11) is 0. The first kappa shape index (κ1) is 21.7. The standard InChI is InChI=1S/C25H27FN4O2/c1-4-5-13-30-23-20(16(3)29-30)21(17-9-11-19(26)12-10-17)22(25(32)28-23)27-24(31)18-8-6-7-15(2)14-18/h6-12,14,21-22H,4-5,13H2,1-3H3,(H,27,31)(H,28,32)/t21-,22-/m0/s1. The van der Waals surface area contributed by atoms with Gasteiger partial charge in [0.1, 0.15) is 17.7 Å². The summed E-state index contributed by atoms with van der Waals surface area (Å²) in [6.45, 7) is 6.59. The molecule has 2 amide bonds. The second-order valence-corrected chi connectivity index (χ2v) is 8.26. The molecule has 32 heavy (non-hydrogen) atoms. The highest BCUT2D eigenvalue weighted by molar-refractivity contribution is 6.04. The van der Waals surface area contributed by atoms with Crippen molar-refractivity contribution in [3.8, 4) is 0 Å². The molecule has 3 aromatic rings. The summed E-state index contributed by atoms with van der Waals surface area (Å²) in [5, 5.41) is 10.5. The Morgan fingerprint density at radius 1 is 1.19 bits per heavy atom. The Morgan fingerprint density at radius 2 is 1.94 bits per heavy atom. The van der Waals surface area contributed by atoms with Crippen molar-refractivity contribution in [1.82, 2.24) is 15.1 Å². The maximum Gasteiger partial charge on any atom is 0.251 e. The molecule has 7 heteroatoms. The Kier molecular flexibility index (Phi) is 6.08. The van der Waals surface area contributed by atoms with Crippen LogP contribution in [0.3, 0.4) is 0 Å². The van der Waals surface area contributed by atoms with Gasteiger partial charge < -0.3 is 10.6 Å². The van der Waals surface area contributed by atoms with Gasteiger partial charge in [-0.1, -0.05) is 43.2 Å². The van der Waals surface area contributed by atoms with E-state index in [-0.39, 0.29) is 17.6 Å². The molecule has 0 fully saturated rings. The summed E-state index contributed by atoms with van der Waals surface area (Å²) in [6, 6.07) is 12.4. The van der Waals surface area contributed by atoms with Crippen molar-refractivity contribution in [3.63, 3.8) is 0 Å². The normalized spacial score (nSPS) is 17.6. The second kappa shape index (κ2) is 8.94. The van der Waals surface area contributed by atoms with Crippen molar-refractivity contribution in [2.24, 2.45) is 0 Å². The predicted octanol–water partition coefficient (Wildman–Crippen LogP) is 4.32. The Balaban J connectivity index is 1.77. The van der Waals surface area contributed by atoms with Crippen LogP contribution in [0.2, 0.25) is 0 Å². The summed E-state index contributed by atoms with van der Waals surface area (Å²) in [5.41, 5.74) is 3.81. The van der Waals surface area contributed by atoms with E-state index >= 15 is 0 Å². The van der Waals surface area contributed by atoms with Crippen LogP contribution in [-0.4, -0.2) is 27.6 Å². The first-order valence-electron chi connectivity index (χ1n) is 10.9. The lowest BCUT2D eigenvalue weighted by Gasteiger charge is -2.33. The lowest BCUT2D eigenvalue weighted by Crippen LogP contribution is -2.50. The number of anilines is 1. The zero-order chi connectivity index (χ0) is 22.8. The van der Waals surface area contributed by atoms with E-state index in [4.69, 9.17) is 0 Å². The fourth-order valence-corrected chi connectivity index (χ4v) is 4.27. The van der Waals surface area contributed by atoms with E-state index in [1.165, 1.54) is 12.1 Å². The third-order valence-electron chi connectivity index (χ3n) is 5.86. The van der Waals surface area contributed by atoms with Gasteiger partial charge >= 0.3 is 0 Å². The summed E-state index contributed by atoms with van der Waals surface area (Å²) in [4.78, 5) is 26.2. The predicted molar refractivity (Wildman–Crippen MR) is 121 cm³/mol. The molecule has 6 nitrogen and oxygen atoms in total. The monoisotopic (exact) mass is 434 g/mol. The molecule has 0 saturated heterocycles. The molecular formula is C25H27FN4O2. The summed E-state index contributed by atoms with van der Waals surface area (Å²) < 4.78 is 15.5. The molecule has 2 aromatic carbocycles. The van der Waals surface area contributed by atoms with Crippen molar-refractivity contribution in [3.05, 3.63) is 82.3 Å². The molecule has 1 aromatic heterocycles. The highest BCUT2D eigenvalue weighted by atomic mass is 19.1. The maximum atomic E-state index is 13.7. The number of aryl methyl sites for hydroxylation is 3. The summed E-state index contributed by atoms with van der Waals surface area (Å²) in [6.07, 6.45) is 1.93. The van der Waals surface area contributed by atoms with Gasteiger partial charge in [0.15, 0.2) is 0 Å². The molecule has 0 radical (unpaired) electrons. The van der Waals surface area contributed by atoms with Crippen molar-refractivity contribution in [1.29, 1.82) is 0 Å². The van der Waals surface area contributed by atoms with E-state index in [9.17, 15) is 14.0 Å². The lowest BCUT2D eigenvalue weighted by atomic mass is 9.82. The maximum absolute atomic E-state index is 13.7. The van der Waals surface area contributed by atoms with Gasteiger partial charge in [-0.2, -0.15) is 5.10 Å². The molecule has 0 spiro atoms. The first-order chi connectivity index (χ1) is 15.4. The highest BCUT2D eigenvalue weighted by Crippen LogP contribution is 2.39. The number of carbonyl (C=O) groups is 2. The molecule has 2 atom stereocenters. The number of rotatable bonds is 6. The van der Waals surface area contributed by atoms with E-state index in [2.05, 4.69) is 22.7 Å². The zero-order valence-corrected chi connectivity index (χ0v) is 18.5. The van der Waals surface area contributed by atoms with Gasteiger partial charge in [-0.25, -0.2) is 9.07 Å². The van der Waals surface area contributed by atoms with Crippen molar-refractivity contribution in [2.75, 3.05) is 5.32 Å².